The number of hydrogen-bond acceptors (Lipinski definition) is 5. The molecule has 0 bridgehead atoms. The van der Waals surface area contributed by atoms with E-state index in [4.69, 9.17) is 9.47 Å². The molecule has 21 heavy (non-hydrogen) atoms. The quantitative estimate of drug-likeness (QED) is 0.544. The number of nitrogens with zero attached hydrogens (tertiary/aromatic N) is 2. The van der Waals surface area contributed by atoms with E-state index >= 15 is 0 Å². The summed E-state index contributed by atoms with van der Waals surface area (Å²) in [6.07, 6.45) is 0.852. The first kappa shape index (κ1) is 19.0. The molecule has 0 rings (SSSR count). The molecule has 0 aromatic rings. The van der Waals surface area contributed by atoms with Crippen LogP contribution in [0, 0.1) is 0 Å². The summed E-state index contributed by atoms with van der Waals surface area (Å²) in [5.74, 6) is 0. The second-order valence-corrected chi connectivity index (χ2v) is 4.52. The van der Waals surface area contributed by atoms with Gasteiger partial charge in [0.15, 0.2) is 0 Å². The maximum Gasteiger partial charge on any atom is 0.411 e. The number of amides is 2. The van der Waals surface area contributed by atoms with Crippen LogP contribution in [0.3, 0.4) is 0 Å². The van der Waals surface area contributed by atoms with Gasteiger partial charge in [0.2, 0.25) is 0 Å². The molecular weight excluding hydrogens is 276 g/mol. The SMILES string of the molecule is C=CCOC(=O)N(C)CN(C(=O)OCC=C)[C@@H](C)[C@@H](C)O. The lowest BCUT2D eigenvalue weighted by Crippen LogP contribution is -2.50. The van der Waals surface area contributed by atoms with Crippen LogP contribution in [0.25, 0.3) is 0 Å². The van der Waals surface area contributed by atoms with Crippen molar-refractivity contribution in [1.82, 2.24) is 9.80 Å². The van der Waals surface area contributed by atoms with E-state index < -0.39 is 24.3 Å². The van der Waals surface area contributed by atoms with Crippen molar-refractivity contribution in [2.45, 2.75) is 26.0 Å². The van der Waals surface area contributed by atoms with Crippen LogP contribution in [-0.4, -0.2) is 66.2 Å². The Kier molecular flexibility index (Phi) is 8.87. The van der Waals surface area contributed by atoms with Crippen LogP contribution >= 0.6 is 0 Å². The summed E-state index contributed by atoms with van der Waals surface area (Å²) in [6.45, 7) is 10.2. The Labute approximate surface area is 125 Å². The molecule has 0 aliphatic carbocycles. The number of rotatable bonds is 8. The van der Waals surface area contributed by atoms with Crippen molar-refractivity contribution < 1.29 is 24.2 Å². The van der Waals surface area contributed by atoms with Crippen LogP contribution < -0.4 is 0 Å². The molecule has 7 nitrogen and oxygen atoms in total. The number of carbonyl (C=O) groups excluding carboxylic acids is 2. The summed E-state index contributed by atoms with van der Waals surface area (Å²) in [7, 11) is 1.48. The minimum atomic E-state index is -0.779. The first-order valence-corrected chi connectivity index (χ1v) is 6.56. The third-order valence-electron chi connectivity index (χ3n) is 2.75. The van der Waals surface area contributed by atoms with Crippen molar-refractivity contribution in [3.63, 3.8) is 0 Å². The molecule has 0 aliphatic heterocycles. The maximum atomic E-state index is 12.0. The summed E-state index contributed by atoms with van der Waals surface area (Å²) in [5, 5.41) is 9.64. The first-order valence-electron chi connectivity index (χ1n) is 6.56. The molecule has 120 valence electrons. The van der Waals surface area contributed by atoms with Crippen molar-refractivity contribution in [1.29, 1.82) is 0 Å². The minimum absolute atomic E-state index is 0.0481. The van der Waals surface area contributed by atoms with Gasteiger partial charge in [0, 0.05) is 7.05 Å². The highest BCUT2D eigenvalue weighted by Crippen LogP contribution is 2.08. The van der Waals surface area contributed by atoms with Crippen molar-refractivity contribution in [2.24, 2.45) is 0 Å². The second kappa shape index (κ2) is 9.82. The molecule has 2 atom stereocenters. The van der Waals surface area contributed by atoms with E-state index in [1.54, 1.807) is 13.8 Å². The molecule has 1 N–H and O–H groups in total. The molecule has 7 heteroatoms. The lowest BCUT2D eigenvalue weighted by atomic mass is 10.2. The molecule has 0 saturated heterocycles. The van der Waals surface area contributed by atoms with E-state index in [0.717, 1.165) is 0 Å². The first-order chi connectivity index (χ1) is 9.84. The zero-order valence-corrected chi connectivity index (χ0v) is 12.8. The molecule has 0 aromatic carbocycles. The Bertz CT molecular complexity index is 370. The zero-order chi connectivity index (χ0) is 16.4. The Morgan fingerprint density at radius 2 is 1.62 bits per heavy atom. The van der Waals surface area contributed by atoms with Crippen LogP contribution in [0.4, 0.5) is 9.59 Å². The van der Waals surface area contributed by atoms with E-state index in [1.165, 1.54) is 29.0 Å². The highest BCUT2D eigenvalue weighted by atomic mass is 16.6. The van der Waals surface area contributed by atoms with Gasteiger partial charge in [-0.1, -0.05) is 25.3 Å². The fourth-order valence-electron chi connectivity index (χ4n) is 1.35. The summed E-state index contributed by atoms with van der Waals surface area (Å²) >= 11 is 0. The smallest absolute Gasteiger partial charge is 0.411 e. The van der Waals surface area contributed by atoms with Crippen LogP contribution in [-0.2, 0) is 9.47 Å². The Morgan fingerprint density at radius 1 is 1.14 bits per heavy atom. The van der Waals surface area contributed by atoms with E-state index in [-0.39, 0.29) is 19.9 Å². The van der Waals surface area contributed by atoms with Crippen LogP contribution in [0.1, 0.15) is 13.8 Å². The normalized spacial score (nSPS) is 12.8. The number of aliphatic hydroxyl groups excluding tert-OH is 1. The van der Waals surface area contributed by atoms with Gasteiger partial charge in [-0.25, -0.2) is 9.59 Å². The summed E-state index contributed by atoms with van der Waals surface area (Å²) in [5.41, 5.74) is 0. The molecule has 0 saturated carbocycles. The van der Waals surface area contributed by atoms with Gasteiger partial charge < -0.3 is 14.6 Å². The monoisotopic (exact) mass is 300 g/mol. The van der Waals surface area contributed by atoms with Crippen molar-refractivity contribution in [3.05, 3.63) is 25.3 Å². The van der Waals surface area contributed by atoms with Gasteiger partial charge in [0.1, 0.15) is 19.9 Å². The molecule has 0 aliphatic rings. The largest absolute Gasteiger partial charge is 0.445 e. The topological polar surface area (TPSA) is 79.3 Å². The molecule has 0 fully saturated rings. The fourth-order valence-corrected chi connectivity index (χ4v) is 1.35. The molecule has 0 heterocycles. The number of carbonyl (C=O) groups is 2. The Balaban J connectivity index is 4.80. The molecule has 0 unspecified atom stereocenters. The summed E-state index contributed by atoms with van der Waals surface area (Å²) < 4.78 is 9.82. The van der Waals surface area contributed by atoms with Gasteiger partial charge >= 0.3 is 12.2 Å². The highest BCUT2D eigenvalue weighted by molar-refractivity contribution is 5.70. The van der Waals surface area contributed by atoms with Crippen molar-refractivity contribution >= 4 is 12.2 Å². The second-order valence-electron chi connectivity index (χ2n) is 4.52. The number of ether oxygens (including phenoxy) is 2. The molecule has 0 aromatic heterocycles. The highest BCUT2D eigenvalue weighted by Gasteiger charge is 2.27. The summed E-state index contributed by atoms with van der Waals surface area (Å²) in [4.78, 5) is 26.1. The Hall–Kier alpha value is -2.02. The van der Waals surface area contributed by atoms with E-state index in [2.05, 4.69) is 13.2 Å². The van der Waals surface area contributed by atoms with Gasteiger partial charge in [-0.05, 0) is 13.8 Å². The average molecular weight is 300 g/mol. The van der Waals surface area contributed by atoms with Gasteiger partial charge in [-0.2, -0.15) is 0 Å². The zero-order valence-electron chi connectivity index (χ0n) is 12.8. The third kappa shape index (κ3) is 6.80. The van der Waals surface area contributed by atoms with E-state index in [0.29, 0.717) is 0 Å². The van der Waals surface area contributed by atoms with E-state index in [9.17, 15) is 14.7 Å². The van der Waals surface area contributed by atoms with Gasteiger partial charge in [-0.3, -0.25) is 9.80 Å². The number of hydrogen-bond donors (Lipinski definition) is 1. The maximum absolute atomic E-state index is 12.0. The average Bonchev–Trinajstić information content (AvgIpc) is 2.46. The predicted octanol–water partition coefficient (Wildman–Crippen LogP) is 1.59. The number of aliphatic hydroxyl groups is 1. The lowest BCUT2D eigenvalue weighted by Gasteiger charge is -2.33. The van der Waals surface area contributed by atoms with Gasteiger partial charge in [0.05, 0.1) is 12.1 Å². The van der Waals surface area contributed by atoms with Crippen molar-refractivity contribution in [2.75, 3.05) is 26.9 Å². The van der Waals surface area contributed by atoms with Crippen LogP contribution in [0.15, 0.2) is 25.3 Å². The van der Waals surface area contributed by atoms with E-state index in [1.807, 2.05) is 0 Å². The molecule has 0 spiro atoms. The van der Waals surface area contributed by atoms with Gasteiger partial charge in [-0.15, -0.1) is 0 Å². The molecular formula is C14H24N2O5. The molecule has 0 radical (unpaired) electrons. The third-order valence-corrected chi connectivity index (χ3v) is 2.75. The summed E-state index contributed by atoms with van der Waals surface area (Å²) in [6, 6.07) is -0.531. The fraction of sp³-hybridized carbons (Fsp3) is 0.571. The van der Waals surface area contributed by atoms with Crippen molar-refractivity contribution in [3.8, 4) is 0 Å². The predicted molar refractivity (Wildman–Crippen MR) is 78.7 cm³/mol. The minimum Gasteiger partial charge on any atom is -0.445 e. The standard InChI is InChI=1S/C14H24N2O5/c1-6-8-20-13(18)15(5)10-16(11(3)12(4)17)14(19)21-9-7-2/h6-7,11-12,17H,1-2,8-10H2,3-5H3/t11-,12+/m0/s1. The Morgan fingerprint density at radius 3 is 2.05 bits per heavy atom. The lowest BCUT2D eigenvalue weighted by molar-refractivity contribution is 0.0258. The molecule has 2 amide bonds. The van der Waals surface area contributed by atoms with Crippen LogP contribution in [0.2, 0.25) is 0 Å². The van der Waals surface area contributed by atoms with Gasteiger partial charge in [0.25, 0.3) is 0 Å². The van der Waals surface area contributed by atoms with Crippen LogP contribution in [0.5, 0.6) is 0 Å².